The van der Waals surface area contributed by atoms with E-state index in [1.807, 2.05) is 35.4 Å². The van der Waals surface area contributed by atoms with E-state index in [9.17, 15) is 4.79 Å². The molecule has 1 aromatic carbocycles. The fourth-order valence-electron chi connectivity index (χ4n) is 4.48. The highest BCUT2D eigenvalue weighted by Gasteiger charge is 2.26. The predicted octanol–water partition coefficient (Wildman–Crippen LogP) is 2.11. The molecular weight excluding hydrogens is 390 g/mol. The van der Waals surface area contributed by atoms with Gasteiger partial charge in [-0.2, -0.15) is 0 Å². The number of amides is 1. The standard InChI is InChI=1S/C24H33N5O2/c1-27(2)19-8-14-29(15-9-19)24(30)17-28-12-10-21-22(11-13-28)26-23(16-25-21)18-4-6-20(31-3)7-5-18/h4-7,16,19H,8-15,17H2,1-3H3. The van der Waals surface area contributed by atoms with Gasteiger partial charge in [0.1, 0.15) is 5.75 Å². The zero-order valence-corrected chi connectivity index (χ0v) is 18.9. The van der Waals surface area contributed by atoms with Crippen LogP contribution in [0.3, 0.4) is 0 Å². The first kappa shape index (κ1) is 21.7. The summed E-state index contributed by atoms with van der Waals surface area (Å²) in [6.45, 7) is 3.91. The van der Waals surface area contributed by atoms with Crippen LogP contribution >= 0.6 is 0 Å². The minimum atomic E-state index is 0.253. The molecule has 31 heavy (non-hydrogen) atoms. The average molecular weight is 424 g/mol. The first-order chi connectivity index (χ1) is 15.0. The lowest BCUT2D eigenvalue weighted by molar-refractivity contribution is -0.133. The third-order valence-corrected chi connectivity index (χ3v) is 6.55. The van der Waals surface area contributed by atoms with Gasteiger partial charge in [-0.25, -0.2) is 4.98 Å². The number of likely N-dealkylation sites (tertiary alicyclic amines) is 1. The lowest BCUT2D eigenvalue weighted by Gasteiger charge is -2.36. The van der Waals surface area contributed by atoms with E-state index in [1.54, 1.807) is 7.11 Å². The van der Waals surface area contributed by atoms with Gasteiger partial charge in [0, 0.05) is 50.6 Å². The first-order valence-corrected chi connectivity index (χ1v) is 11.2. The van der Waals surface area contributed by atoms with Gasteiger partial charge in [-0.1, -0.05) is 0 Å². The number of nitrogens with zero attached hydrogens (tertiary/aromatic N) is 5. The maximum absolute atomic E-state index is 12.8. The summed E-state index contributed by atoms with van der Waals surface area (Å²) in [6.07, 6.45) is 5.64. The van der Waals surface area contributed by atoms with Crippen LogP contribution in [0.15, 0.2) is 30.5 Å². The molecule has 3 heterocycles. The molecule has 0 N–H and O–H groups in total. The molecule has 7 nitrogen and oxygen atoms in total. The number of carbonyl (C=O) groups is 1. The highest BCUT2D eigenvalue weighted by molar-refractivity contribution is 5.78. The number of carbonyl (C=O) groups excluding carboxylic acids is 1. The van der Waals surface area contributed by atoms with Gasteiger partial charge >= 0.3 is 0 Å². The van der Waals surface area contributed by atoms with Crippen LogP contribution in [-0.4, -0.2) is 90.5 Å². The van der Waals surface area contributed by atoms with E-state index in [1.165, 1.54) is 0 Å². The molecule has 1 fully saturated rings. The van der Waals surface area contributed by atoms with Gasteiger partial charge in [0.25, 0.3) is 0 Å². The van der Waals surface area contributed by atoms with Gasteiger partial charge < -0.3 is 14.5 Å². The average Bonchev–Trinajstić information content (AvgIpc) is 3.01. The highest BCUT2D eigenvalue weighted by Crippen LogP contribution is 2.22. The smallest absolute Gasteiger partial charge is 0.236 e. The molecule has 166 valence electrons. The van der Waals surface area contributed by atoms with Crippen molar-refractivity contribution < 1.29 is 9.53 Å². The van der Waals surface area contributed by atoms with Gasteiger partial charge in [-0.15, -0.1) is 0 Å². The second kappa shape index (κ2) is 9.75. The van der Waals surface area contributed by atoms with Crippen molar-refractivity contribution in [3.63, 3.8) is 0 Å². The monoisotopic (exact) mass is 423 g/mol. The second-order valence-electron chi connectivity index (χ2n) is 8.73. The summed E-state index contributed by atoms with van der Waals surface area (Å²) in [4.78, 5) is 29.0. The quantitative estimate of drug-likeness (QED) is 0.734. The molecule has 1 saturated heterocycles. The molecule has 7 heteroatoms. The largest absolute Gasteiger partial charge is 0.497 e. The van der Waals surface area contributed by atoms with Crippen molar-refractivity contribution in [3.8, 4) is 17.0 Å². The summed E-state index contributed by atoms with van der Waals surface area (Å²) >= 11 is 0. The maximum Gasteiger partial charge on any atom is 0.236 e. The summed E-state index contributed by atoms with van der Waals surface area (Å²) in [7, 11) is 5.91. The molecule has 2 aliphatic heterocycles. The van der Waals surface area contributed by atoms with Gasteiger partial charge in [0.2, 0.25) is 5.91 Å². The van der Waals surface area contributed by atoms with E-state index in [0.717, 1.165) is 80.3 Å². The van der Waals surface area contributed by atoms with Gasteiger partial charge in [-0.05, 0) is 51.2 Å². The number of piperidine rings is 1. The molecule has 0 aliphatic carbocycles. The molecule has 0 unspecified atom stereocenters. The minimum absolute atomic E-state index is 0.253. The number of methoxy groups -OCH3 is 1. The van der Waals surface area contributed by atoms with E-state index < -0.39 is 0 Å². The molecule has 0 radical (unpaired) electrons. The van der Waals surface area contributed by atoms with Crippen LogP contribution in [0.5, 0.6) is 5.75 Å². The Kier molecular flexibility index (Phi) is 6.83. The topological polar surface area (TPSA) is 61.8 Å². The molecule has 2 aromatic rings. The molecular formula is C24H33N5O2. The Morgan fingerprint density at radius 3 is 2.39 bits per heavy atom. The Labute approximate surface area is 185 Å². The third-order valence-electron chi connectivity index (χ3n) is 6.55. The number of rotatable bonds is 5. The number of fused-ring (bicyclic) bond motifs is 1. The van der Waals surface area contributed by atoms with Crippen molar-refractivity contribution in [1.82, 2.24) is 24.7 Å². The van der Waals surface area contributed by atoms with Crippen LogP contribution in [0.1, 0.15) is 24.2 Å². The van der Waals surface area contributed by atoms with E-state index in [-0.39, 0.29) is 5.91 Å². The van der Waals surface area contributed by atoms with Crippen LogP contribution in [0.25, 0.3) is 11.3 Å². The van der Waals surface area contributed by atoms with Crippen LogP contribution in [0.4, 0.5) is 0 Å². The maximum atomic E-state index is 12.8. The van der Waals surface area contributed by atoms with E-state index >= 15 is 0 Å². The summed E-state index contributed by atoms with van der Waals surface area (Å²) in [6, 6.07) is 8.50. The van der Waals surface area contributed by atoms with Gasteiger partial charge in [0.05, 0.1) is 36.9 Å². The fraction of sp³-hybridized carbons (Fsp3) is 0.542. The Hall–Kier alpha value is -2.51. The molecule has 4 rings (SSSR count). The fourth-order valence-corrected chi connectivity index (χ4v) is 4.48. The molecule has 0 spiro atoms. The normalized spacial score (nSPS) is 18.0. The van der Waals surface area contributed by atoms with E-state index in [4.69, 9.17) is 14.7 Å². The minimum Gasteiger partial charge on any atom is -0.497 e. The number of ether oxygens (including phenoxy) is 1. The second-order valence-corrected chi connectivity index (χ2v) is 8.73. The third kappa shape index (κ3) is 5.22. The summed E-state index contributed by atoms with van der Waals surface area (Å²) in [5, 5.41) is 0. The van der Waals surface area contributed by atoms with Crippen LogP contribution < -0.4 is 4.74 Å². The molecule has 1 aromatic heterocycles. The first-order valence-electron chi connectivity index (χ1n) is 11.2. The number of aromatic nitrogens is 2. The van der Waals surface area contributed by atoms with Gasteiger partial charge in [-0.3, -0.25) is 14.7 Å². The van der Waals surface area contributed by atoms with E-state index in [2.05, 4.69) is 23.9 Å². The van der Waals surface area contributed by atoms with Gasteiger partial charge in [0.15, 0.2) is 0 Å². The molecule has 2 aliphatic rings. The Morgan fingerprint density at radius 2 is 1.74 bits per heavy atom. The number of benzene rings is 1. The summed E-state index contributed by atoms with van der Waals surface area (Å²) in [5.41, 5.74) is 4.03. The Morgan fingerprint density at radius 1 is 1.06 bits per heavy atom. The lowest BCUT2D eigenvalue weighted by atomic mass is 10.0. The molecule has 0 saturated carbocycles. The van der Waals surface area contributed by atoms with Crippen LogP contribution in [0, 0.1) is 0 Å². The SMILES string of the molecule is COc1ccc(-c2cnc3c(n2)CCN(CC(=O)N2CCC(N(C)C)CC2)CC3)cc1. The summed E-state index contributed by atoms with van der Waals surface area (Å²) in [5.74, 6) is 1.08. The number of hydrogen-bond acceptors (Lipinski definition) is 6. The Bertz CT molecular complexity index is 891. The molecule has 0 atom stereocenters. The van der Waals surface area contributed by atoms with Crippen molar-refractivity contribution in [1.29, 1.82) is 0 Å². The van der Waals surface area contributed by atoms with Crippen LogP contribution in [0.2, 0.25) is 0 Å². The van der Waals surface area contributed by atoms with Crippen molar-refractivity contribution in [2.75, 3.05) is 53.9 Å². The van der Waals surface area contributed by atoms with Crippen molar-refractivity contribution in [2.45, 2.75) is 31.7 Å². The molecule has 0 bridgehead atoms. The van der Waals surface area contributed by atoms with Crippen LogP contribution in [-0.2, 0) is 17.6 Å². The highest BCUT2D eigenvalue weighted by atomic mass is 16.5. The van der Waals surface area contributed by atoms with Crippen molar-refractivity contribution >= 4 is 5.91 Å². The zero-order valence-electron chi connectivity index (χ0n) is 18.9. The predicted molar refractivity (Wildman–Crippen MR) is 121 cm³/mol. The zero-order chi connectivity index (χ0) is 21.8. The molecule has 1 amide bonds. The summed E-state index contributed by atoms with van der Waals surface area (Å²) < 4.78 is 5.24. The number of hydrogen-bond donors (Lipinski definition) is 0. The lowest BCUT2D eigenvalue weighted by Crippen LogP contribution is -2.48. The van der Waals surface area contributed by atoms with Crippen molar-refractivity contribution in [2.24, 2.45) is 0 Å². The van der Waals surface area contributed by atoms with E-state index in [0.29, 0.717) is 12.6 Å². The Balaban J connectivity index is 1.35. The van der Waals surface area contributed by atoms with Crippen molar-refractivity contribution in [3.05, 3.63) is 41.9 Å².